The van der Waals surface area contributed by atoms with Crippen molar-refractivity contribution in [2.75, 3.05) is 45.8 Å². The minimum atomic E-state index is 0.210. The molecule has 2 aliphatic heterocycles. The monoisotopic (exact) mass is 319 g/mol. The molecule has 128 valence electrons. The summed E-state index contributed by atoms with van der Waals surface area (Å²) in [5.41, 5.74) is 1.32. The fourth-order valence-corrected chi connectivity index (χ4v) is 3.96. The predicted octanol–water partition coefficient (Wildman–Crippen LogP) is 0.447. The maximum Gasteiger partial charge on any atom is 0.219 e. The lowest BCUT2D eigenvalue weighted by atomic mass is 10.0. The zero-order valence-corrected chi connectivity index (χ0v) is 14.6. The largest absolute Gasteiger partial charge is 0.340 e. The Morgan fingerprint density at radius 3 is 2.61 bits per heavy atom. The van der Waals surface area contributed by atoms with Gasteiger partial charge in [-0.3, -0.25) is 14.4 Å². The van der Waals surface area contributed by atoms with Crippen molar-refractivity contribution in [3.8, 4) is 0 Å². The van der Waals surface area contributed by atoms with Gasteiger partial charge < -0.3 is 9.80 Å². The molecule has 3 heterocycles. The van der Waals surface area contributed by atoms with Crippen molar-refractivity contribution in [1.82, 2.24) is 24.5 Å². The van der Waals surface area contributed by atoms with Crippen LogP contribution in [0.5, 0.6) is 0 Å². The van der Waals surface area contributed by atoms with Crippen molar-refractivity contribution in [3.05, 3.63) is 18.0 Å². The summed E-state index contributed by atoms with van der Waals surface area (Å²) in [6.07, 6.45) is 5.15. The molecule has 1 amide bonds. The molecular weight excluding hydrogens is 290 g/mol. The third-order valence-electron chi connectivity index (χ3n) is 5.35. The fraction of sp³-hybridized carbons (Fsp3) is 0.765. The Morgan fingerprint density at radius 1 is 1.26 bits per heavy atom. The Bertz CT molecular complexity index is 535. The number of piperazine rings is 1. The molecular formula is C17H29N5O. The number of amides is 1. The van der Waals surface area contributed by atoms with Crippen LogP contribution in [0.15, 0.2) is 12.4 Å². The van der Waals surface area contributed by atoms with Gasteiger partial charge in [0.05, 0.1) is 6.20 Å². The molecule has 1 aromatic rings. The van der Waals surface area contributed by atoms with E-state index in [9.17, 15) is 4.79 Å². The van der Waals surface area contributed by atoms with Gasteiger partial charge in [-0.05, 0) is 17.9 Å². The Balaban J connectivity index is 1.48. The summed E-state index contributed by atoms with van der Waals surface area (Å²) in [4.78, 5) is 18.6. The standard InChI is InChI=1S/C17H29N5O/c1-14-11-20(5-4-16-10-18-19(3)12-16)13-17(14)22-8-6-21(7-9-22)15(2)23/h10,12,14,17H,4-9,11,13H2,1-3H3/t14-,17-/m0/s1. The van der Waals surface area contributed by atoms with E-state index >= 15 is 0 Å². The molecule has 2 fully saturated rings. The van der Waals surface area contributed by atoms with E-state index in [1.165, 1.54) is 12.1 Å². The maximum absolute atomic E-state index is 11.5. The number of hydrogen-bond donors (Lipinski definition) is 0. The van der Waals surface area contributed by atoms with Crippen molar-refractivity contribution in [2.24, 2.45) is 13.0 Å². The molecule has 6 heteroatoms. The average Bonchev–Trinajstić information content (AvgIpc) is 3.11. The molecule has 0 unspecified atom stereocenters. The number of hydrogen-bond acceptors (Lipinski definition) is 4. The molecule has 0 radical (unpaired) electrons. The molecule has 0 aromatic carbocycles. The molecule has 0 spiro atoms. The summed E-state index contributed by atoms with van der Waals surface area (Å²) in [7, 11) is 1.97. The number of aromatic nitrogens is 2. The Hall–Kier alpha value is -1.40. The lowest BCUT2D eigenvalue weighted by molar-refractivity contribution is -0.130. The van der Waals surface area contributed by atoms with Gasteiger partial charge in [0.2, 0.25) is 5.91 Å². The molecule has 1 aromatic heterocycles. The third-order valence-corrected chi connectivity index (χ3v) is 5.35. The molecule has 2 saturated heterocycles. The van der Waals surface area contributed by atoms with Gasteiger partial charge in [-0.2, -0.15) is 5.10 Å². The predicted molar refractivity (Wildman–Crippen MR) is 90.1 cm³/mol. The van der Waals surface area contributed by atoms with Gasteiger partial charge in [-0.15, -0.1) is 0 Å². The van der Waals surface area contributed by atoms with E-state index < -0.39 is 0 Å². The minimum absolute atomic E-state index is 0.210. The molecule has 0 aliphatic carbocycles. The first-order valence-electron chi connectivity index (χ1n) is 8.72. The fourth-order valence-electron chi connectivity index (χ4n) is 3.96. The second-order valence-corrected chi connectivity index (χ2v) is 7.12. The van der Waals surface area contributed by atoms with Crippen LogP contribution in [-0.4, -0.2) is 82.2 Å². The van der Waals surface area contributed by atoms with E-state index in [4.69, 9.17) is 0 Å². The number of rotatable bonds is 4. The molecule has 3 rings (SSSR count). The highest BCUT2D eigenvalue weighted by Gasteiger charge is 2.35. The average molecular weight is 319 g/mol. The zero-order chi connectivity index (χ0) is 16.4. The smallest absolute Gasteiger partial charge is 0.219 e. The SMILES string of the molecule is CC(=O)N1CCN([C@H]2CN(CCc3cnn(C)c3)C[C@@H]2C)CC1. The van der Waals surface area contributed by atoms with Gasteiger partial charge in [0, 0.05) is 72.0 Å². The van der Waals surface area contributed by atoms with Gasteiger partial charge in [0.1, 0.15) is 0 Å². The summed E-state index contributed by atoms with van der Waals surface area (Å²) in [6.45, 7) is 11.3. The Kier molecular flexibility index (Phi) is 5.02. The van der Waals surface area contributed by atoms with Gasteiger partial charge in [0.15, 0.2) is 0 Å². The molecule has 2 aliphatic rings. The highest BCUT2D eigenvalue weighted by molar-refractivity contribution is 5.73. The van der Waals surface area contributed by atoms with Crippen LogP contribution in [0.25, 0.3) is 0 Å². The molecule has 0 bridgehead atoms. The summed E-state index contributed by atoms with van der Waals surface area (Å²) in [5, 5.41) is 4.24. The second-order valence-electron chi connectivity index (χ2n) is 7.12. The van der Waals surface area contributed by atoms with Crippen LogP contribution in [0.2, 0.25) is 0 Å². The summed E-state index contributed by atoms with van der Waals surface area (Å²) >= 11 is 0. The minimum Gasteiger partial charge on any atom is -0.340 e. The topological polar surface area (TPSA) is 44.6 Å². The number of nitrogens with zero attached hydrogens (tertiary/aromatic N) is 5. The van der Waals surface area contributed by atoms with Gasteiger partial charge in [-0.25, -0.2) is 0 Å². The molecule has 23 heavy (non-hydrogen) atoms. The summed E-state index contributed by atoms with van der Waals surface area (Å²) in [6, 6.07) is 0.637. The van der Waals surface area contributed by atoms with E-state index in [1.54, 1.807) is 6.92 Å². The van der Waals surface area contributed by atoms with Crippen molar-refractivity contribution in [3.63, 3.8) is 0 Å². The van der Waals surface area contributed by atoms with E-state index in [2.05, 4.69) is 28.0 Å². The highest BCUT2D eigenvalue weighted by atomic mass is 16.2. The first-order valence-corrected chi connectivity index (χ1v) is 8.72. The molecule has 6 nitrogen and oxygen atoms in total. The first-order chi connectivity index (χ1) is 11.0. The van der Waals surface area contributed by atoms with Crippen LogP contribution in [0.4, 0.5) is 0 Å². The van der Waals surface area contributed by atoms with Gasteiger partial charge in [-0.1, -0.05) is 6.92 Å². The summed E-state index contributed by atoms with van der Waals surface area (Å²) < 4.78 is 1.87. The Morgan fingerprint density at radius 2 is 2.00 bits per heavy atom. The van der Waals surface area contributed by atoms with Crippen molar-refractivity contribution in [1.29, 1.82) is 0 Å². The third kappa shape index (κ3) is 3.93. The van der Waals surface area contributed by atoms with Crippen molar-refractivity contribution < 1.29 is 4.79 Å². The lowest BCUT2D eigenvalue weighted by Crippen LogP contribution is -2.53. The second kappa shape index (κ2) is 7.01. The van der Waals surface area contributed by atoms with Crippen LogP contribution in [0.3, 0.4) is 0 Å². The van der Waals surface area contributed by atoms with Crippen LogP contribution in [-0.2, 0) is 18.3 Å². The first kappa shape index (κ1) is 16.5. The maximum atomic E-state index is 11.5. The number of aryl methyl sites for hydroxylation is 1. The van der Waals surface area contributed by atoms with E-state index in [0.29, 0.717) is 12.0 Å². The van der Waals surface area contributed by atoms with Crippen LogP contribution < -0.4 is 0 Å². The molecule has 2 atom stereocenters. The van der Waals surface area contributed by atoms with Gasteiger partial charge in [0.25, 0.3) is 0 Å². The van der Waals surface area contributed by atoms with E-state index in [0.717, 1.165) is 45.7 Å². The number of likely N-dealkylation sites (tertiary alicyclic amines) is 1. The van der Waals surface area contributed by atoms with Gasteiger partial charge >= 0.3 is 0 Å². The van der Waals surface area contributed by atoms with E-state index in [-0.39, 0.29) is 5.91 Å². The van der Waals surface area contributed by atoms with Crippen LogP contribution in [0, 0.1) is 5.92 Å². The normalized spacial score (nSPS) is 26.8. The molecule has 0 saturated carbocycles. The number of carbonyl (C=O) groups is 1. The van der Waals surface area contributed by atoms with Crippen LogP contribution in [0.1, 0.15) is 19.4 Å². The Labute approximate surface area is 139 Å². The zero-order valence-electron chi connectivity index (χ0n) is 14.6. The highest BCUT2D eigenvalue weighted by Crippen LogP contribution is 2.23. The molecule has 0 N–H and O–H groups in total. The lowest BCUT2D eigenvalue weighted by Gasteiger charge is -2.39. The number of carbonyl (C=O) groups excluding carboxylic acids is 1. The van der Waals surface area contributed by atoms with Crippen molar-refractivity contribution >= 4 is 5.91 Å². The van der Waals surface area contributed by atoms with Crippen molar-refractivity contribution in [2.45, 2.75) is 26.3 Å². The van der Waals surface area contributed by atoms with E-state index in [1.807, 2.05) is 22.8 Å². The van der Waals surface area contributed by atoms with Crippen LogP contribution >= 0.6 is 0 Å². The quantitative estimate of drug-likeness (QED) is 0.808. The summed E-state index contributed by atoms with van der Waals surface area (Å²) in [5.74, 6) is 0.912.